The molecule has 6 heteroatoms. The Hall–Kier alpha value is -1.78. The summed E-state index contributed by atoms with van der Waals surface area (Å²) in [6.07, 6.45) is 0. The summed E-state index contributed by atoms with van der Waals surface area (Å²) in [6.45, 7) is 0. The predicted molar refractivity (Wildman–Crippen MR) is 70.1 cm³/mol. The van der Waals surface area contributed by atoms with Crippen LogP contribution in [-0.2, 0) is 0 Å². The van der Waals surface area contributed by atoms with Crippen LogP contribution < -0.4 is 4.85 Å². The van der Waals surface area contributed by atoms with Crippen LogP contribution in [0.2, 0.25) is 10.0 Å². The molecule has 4 nitrogen and oxygen atoms in total. The van der Waals surface area contributed by atoms with Crippen molar-refractivity contribution in [3.8, 4) is 5.69 Å². The third kappa shape index (κ3) is 1.70. The average molecular weight is 280 g/mol. The first-order valence-corrected chi connectivity index (χ1v) is 5.95. The Morgan fingerprint density at radius 1 is 1.11 bits per heavy atom. The fourth-order valence-electron chi connectivity index (χ4n) is 1.75. The number of aromatic nitrogens is 3. The van der Waals surface area contributed by atoms with Crippen molar-refractivity contribution >= 4 is 34.2 Å². The van der Waals surface area contributed by atoms with Gasteiger partial charge in [0.15, 0.2) is 0 Å². The van der Waals surface area contributed by atoms with E-state index < -0.39 is 0 Å². The van der Waals surface area contributed by atoms with Crippen molar-refractivity contribution in [2.75, 3.05) is 0 Å². The number of hydrogen-bond acceptors (Lipinski definition) is 2. The van der Waals surface area contributed by atoms with E-state index in [0.717, 1.165) is 0 Å². The monoisotopic (exact) mass is 279 g/mol. The first kappa shape index (κ1) is 11.3. The second-order valence-corrected chi connectivity index (χ2v) is 4.59. The molecule has 3 rings (SSSR count). The van der Waals surface area contributed by atoms with Crippen LogP contribution in [0.25, 0.3) is 16.7 Å². The number of fused-ring (bicyclic) bond motifs is 1. The lowest BCUT2D eigenvalue weighted by Gasteiger charge is -2.04. The minimum Gasteiger partial charge on any atom is -0.692 e. The number of para-hydroxylation sites is 1. The molecule has 3 aromatic rings. The second-order valence-electron chi connectivity index (χ2n) is 3.75. The molecule has 0 saturated heterocycles. The quantitative estimate of drug-likeness (QED) is 0.508. The first-order chi connectivity index (χ1) is 8.66. The maximum atomic E-state index is 12.1. The molecular weight excluding hydrogens is 273 g/mol. The number of hydrogen-bond donors (Lipinski definition) is 0. The van der Waals surface area contributed by atoms with Gasteiger partial charge >= 0.3 is 0 Å². The molecule has 0 aliphatic rings. The highest BCUT2D eigenvalue weighted by molar-refractivity contribution is 6.32. The van der Waals surface area contributed by atoms with E-state index in [1.54, 1.807) is 42.5 Å². The molecule has 0 aliphatic heterocycles. The van der Waals surface area contributed by atoms with E-state index in [9.17, 15) is 5.21 Å². The molecule has 2 aromatic carbocycles. The van der Waals surface area contributed by atoms with E-state index in [-0.39, 0.29) is 0 Å². The third-order valence-electron chi connectivity index (χ3n) is 2.59. The number of nitrogens with zero attached hydrogens (tertiary/aromatic N) is 3. The van der Waals surface area contributed by atoms with Crippen molar-refractivity contribution in [1.29, 1.82) is 0 Å². The number of rotatable bonds is 1. The minimum absolute atomic E-state index is 0.444. The van der Waals surface area contributed by atoms with Crippen LogP contribution in [-0.4, -0.2) is 9.90 Å². The maximum absolute atomic E-state index is 12.1. The summed E-state index contributed by atoms with van der Waals surface area (Å²) in [7, 11) is 0. The Kier molecular flexibility index (Phi) is 2.61. The van der Waals surface area contributed by atoms with E-state index >= 15 is 0 Å². The smallest absolute Gasteiger partial charge is 0.251 e. The summed E-state index contributed by atoms with van der Waals surface area (Å²) in [5, 5.41) is 17.3. The molecule has 0 atom stereocenters. The van der Waals surface area contributed by atoms with Crippen LogP contribution in [0, 0.1) is 5.21 Å². The zero-order valence-electron chi connectivity index (χ0n) is 9.05. The van der Waals surface area contributed by atoms with E-state index in [1.165, 1.54) is 4.80 Å². The van der Waals surface area contributed by atoms with Crippen molar-refractivity contribution in [2.45, 2.75) is 0 Å². The Morgan fingerprint density at radius 3 is 2.67 bits per heavy atom. The summed E-state index contributed by atoms with van der Waals surface area (Å²) in [6, 6.07) is 11.9. The average Bonchev–Trinajstić information content (AvgIpc) is 2.67. The summed E-state index contributed by atoms with van der Waals surface area (Å²) in [5.74, 6) is 0. The van der Waals surface area contributed by atoms with E-state index in [2.05, 4.69) is 5.10 Å². The molecule has 1 aromatic heterocycles. The van der Waals surface area contributed by atoms with Gasteiger partial charge in [-0.1, -0.05) is 35.3 Å². The molecule has 18 heavy (non-hydrogen) atoms. The molecule has 0 spiro atoms. The molecule has 90 valence electrons. The lowest BCUT2D eigenvalue weighted by molar-refractivity contribution is -0.664. The third-order valence-corrected chi connectivity index (χ3v) is 3.14. The Labute approximate surface area is 113 Å². The van der Waals surface area contributed by atoms with Crippen LogP contribution in [0.4, 0.5) is 0 Å². The zero-order chi connectivity index (χ0) is 12.7. The Balaban J connectivity index is 2.31. The maximum Gasteiger partial charge on any atom is 0.251 e. The van der Waals surface area contributed by atoms with Gasteiger partial charge in [-0.3, -0.25) is 0 Å². The highest BCUT2D eigenvalue weighted by Crippen LogP contribution is 2.20. The van der Waals surface area contributed by atoms with Gasteiger partial charge in [-0.25, -0.2) is 0 Å². The normalized spacial score (nSPS) is 11.0. The van der Waals surface area contributed by atoms with Gasteiger partial charge in [0.1, 0.15) is 5.69 Å². The SMILES string of the molecule is [O-][n+]1c2ccc(Cl)cc2nn1-c1ccccc1Cl. The molecule has 0 radical (unpaired) electrons. The molecule has 1 heterocycles. The van der Waals surface area contributed by atoms with Gasteiger partial charge in [-0.15, -0.1) is 4.85 Å². The summed E-state index contributed by atoms with van der Waals surface area (Å²) >= 11 is 11.9. The van der Waals surface area contributed by atoms with Crippen LogP contribution in [0.1, 0.15) is 0 Å². The minimum atomic E-state index is 0.444. The van der Waals surface area contributed by atoms with Crippen molar-refractivity contribution in [2.24, 2.45) is 0 Å². The summed E-state index contributed by atoms with van der Waals surface area (Å²) in [4.78, 5) is 1.90. The lowest BCUT2D eigenvalue weighted by Crippen LogP contribution is -2.37. The molecule has 0 fully saturated rings. The number of benzene rings is 2. The fourth-order valence-corrected chi connectivity index (χ4v) is 2.13. The van der Waals surface area contributed by atoms with Gasteiger partial charge in [0, 0.05) is 11.1 Å². The van der Waals surface area contributed by atoms with Crippen LogP contribution in [0.15, 0.2) is 42.5 Å². The van der Waals surface area contributed by atoms with Crippen LogP contribution in [0.5, 0.6) is 0 Å². The zero-order valence-corrected chi connectivity index (χ0v) is 10.6. The Morgan fingerprint density at radius 2 is 1.89 bits per heavy atom. The molecule has 0 bridgehead atoms. The van der Waals surface area contributed by atoms with Gasteiger partial charge < -0.3 is 5.21 Å². The summed E-state index contributed by atoms with van der Waals surface area (Å²) < 4.78 is 0. The highest BCUT2D eigenvalue weighted by Gasteiger charge is 2.17. The second kappa shape index (κ2) is 4.15. The molecule has 0 aliphatic carbocycles. The van der Waals surface area contributed by atoms with E-state index in [1.807, 2.05) is 0 Å². The van der Waals surface area contributed by atoms with E-state index in [0.29, 0.717) is 31.6 Å². The first-order valence-electron chi connectivity index (χ1n) is 5.20. The van der Waals surface area contributed by atoms with Crippen LogP contribution >= 0.6 is 23.2 Å². The highest BCUT2D eigenvalue weighted by atomic mass is 35.5. The molecule has 0 unspecified atom stereocenters. The Bertz CT molecular complexity index is 739. The topological polar surface area (TPSA) is 44.8 Å². The number of halogens is 2. The van der Waals surface area contributed by atoms with Crippen molar-refractivity contribution in [3.63, 3.8) is 0 Å². The molecule has 0 saturated carbocycles. The molecular formula is C12H7Cl2N3O. The van der Waals surface area contributed by atoms with Gasteiger partial charge in [-0.2, -0.15) is 0 Å². The van der Waals surface area contributed by atoms with Crippen molar-refractivity contribution < 1.29 is 4.85 Å². The lowest BCUT2D eigenvalue weighted by atomic mass is 10.3. The fraction of sp³-hybridized carbons (Fsp3) is 0. The molecule has 0 amide bonds. The van der Waals surface area contributed by atoms with E-state index in [4.69, 9.17) is 23.2 Å². The standard InChI is InChI=1S/C12H7Cl2N3O/c13-8-5-6-12-10(7-8)15-16(17(12)18)11-4-2-1-3-9(11)14/h1-7H. The van der Waals surface area contributed by atoms with Gasteiger partial charge in [0.2, 0.25) is 5.52 Å². The summed E-state index contributed by atoms with van der Waals surface area (Å²) in [5.41, 5.74) is 1.50. The largest absolute Gasteiger partial charge is 0.692 e. The van der Waals surface area contributed by atoms with Gasteiger partial charge in [0.25, 0.3) is 5.52 Å². The molecule has 0 N–H and O–H groups in total. The van der Waals surface area contributed by atoms with Crippen molar-refractivity contribution in [3.05, 3.63) is 57.7 Å². The predicted octanol–water partition coefficient (Wildman–Crippen LogP) is 2.97. The van der Waals surface area contributed by atoms with Crippen LogP contribution in [0.3, 0.4) is 0 Å². The van der Waals surface area contributed by atoms with Crippen molar-refractivity contribution in [1.82, 2.24) is 9.90 Å². The van der Waals surface area contributed by atoms with Gasteiger partial charge in [-0.05, 0) is 29.1 Å². The van der Waals surface area contributed by atoms with Gasteiger partial charge in [0.05, 0.1) is 10.1 Å².